The molecule has 0 atom stereocenters. The first kappa shape index (κ1) is 24.2. The molecule has 0 saturated carbocycles. The number of nitrogens with one attached hydrogen (secondary N) is 1. The van der Waals surface area contributed by atoms with E-state index >= 15 is 0 Å². The summed E-state index contributed by atoms with van der Waals surface area (Å²) in [6.07, 6.45) is 0. The highest BCUT2D eigenvalue weighted by atomic mass is 14.9. The first-order valence-corrected chi connectivity index (χ1v) is 14.6. The molecule has 0 saturated heterocycles. The monoisotopic (exact) mass is 527 g/mol. The van der Waals surface area contributed by atoms with Crippen molar-refractivity contribution in [2.45, 2.75) is 38.5 Å². The van der Waals surface area contributed by atoms with Crippen molar-refractivity contribution in [3.63, 3.8) is 0 Å². The fourth-order valence-electron chi connectivity index (χ4n) is 7.43. The summed E-state index contributed by atoms with van der Waals surface area (Å²) in [6.45, 7) is 9.38. The molecule has 41 heavy (non-hydrogen) atoms. The van der Waals surface area contributed by atoms with Crippen LogP contribution in [0, 0.1) is 0 Å². The lowest BCUT2D eigenvalue weighted by Gasteiger charge is -2.23. The summed E-state index contributed by atoms with van der Waals surface area (Å²) < 4.78 is 0. The molecule has 0 bridgehead atoms. The molecule has 0 spiro atoms. The molecule has 198 valence electrons. The predicted octanol–water partition coefficient (Wildman–Crippen LogP) is 10.9. The zero-order valence-electron chi connectivity index (χ0n) is 24.0. The molecule has 0 aromatic heterocycles. The predicted molar refractivity (Wildman–Crippen MR) is 174 cm³/mol. The average molecular weight is 528 g/mol. The minimum absolute atomic E-state index is 0.0244. The second-order valence-corrected chi connectivity index (χ2v) is 12.7. The van der Waals surface area contributed by atoms with Crippen molar-refractivity contribution < 1.29 is 0 Å². The quantitative estimate of drug-likeness (QED) is 0.241. The number of anilines is 2. The summed E-state index contributed by atoms with van der Waals surface area (Å²) in [7, 11) is 0. The molecule has 2 aliphatic carbocycles. The van der Waals surface area contributed by atoms with Crippen LogP contribution < -0.4 is 5.32 Å². The van der Waals surface area contributed by atoms with Crippen molar-refractivity contribution in [3.05, 3.63) is 144 Å². The molecule has 0 unspecified atom stereocenters. The standard InChI is InChI=1S/C40H33N/c1-39(2)34-14-8-7-12-31(34)33-23-28(19-21-35(33)39)41-29-18-20-32-37(24-29)40(3,4)36-15-9-13-30(38(32)36)27-17-16-25-10-5-6-11-26(25)22-27/h5-24,41H,1-4H3. The van der Waals surface area contributed by atoms with Gasteiger partial charge in [0, 0.05) is 22.2 Å². The summed E-state index contributed by atoms with van der Waals surface area (Å²) in [5.74, 6) is 0. The van der Waals surface area contributed by atoms with Gasteiger partial charge in [0.2, 0.25) is 0 Å². The van der Waals surface area contributed by atoms with Crippen LogP contribution >= 0.6 is 0 Å². The van der Waals surface area contributed by atoms with Crippen molar-refractivity contribution in [3.8, 4) is 33.4 Å². The van der Waals surface area contributed by atoms with Gasteiger partial charge in [-0.05, 0) is 96.7 Å². The molecule has 2 aliphatic rings. The van der Waals surface area contributed by atoms with E-state index in [-0.39, 0.29) is 10.8 Å². The van der Waals surface area contributed by atoms with Gasteiger partial charge >= 0.3 is 0 Å². The van der Waals surface area contributed by atoms with Gasteiger partial charge in [0.1, 0.15) is 0 Å². The third-order valence-corrected chi connectivity index (χ3v) is 9.63. The molecule has 0 fully saturated rings. The summed E-state index contributed by atoms with van der Waals surface area (Å²) in [5.41, 5.74) is 15.7. The summed E-state index contributed by atoms with van der Waals surface area (Å²) >= 11 is 0. The third-order valence-electron chi connectivity index (χ3n) is 9.63. The summed E-state index contributed by atoms with van der Waals surface area (Å²) in [4.78, 5) is 0. The van der Waals surface area contributed by atoms with Crippen molar-refractivity contribution in [1.29, 1.82) is 0 Å². The highest BCUT2D eigenvalue weighted by Crippen LogP contribution is 2.53. The molecule has 0 aliphatic heterocycles. The maximum atomic E-state index is 3.75. The smallest absolute Gasteiger partial charge is 0.0390 e. The van der Waals surface area contributed by atoms with E-state index in [9.17, 15) is 0 Å². The maximum absolute atomic E-state index is 3.75. The van der Waals surface area contributed by atoms with Crippen LogP contribution in [0.3, 0.4) is 0 Å². The Labute approximate surface area is 242 Å². The second kappa shape index (κ2) is 8.44. The lowest BCUT2D eigenvalue weighted by atomic mass is 9.81. The Morgan fingerprint density at radius 3 is 1.95 bits per heavy atom. The lowest BCUT2D eigenvalue weighted by Crippen LogP contribution is -2.15. The molecule has 1 nitrogen and oxygen atoms in total. The zero-order chi connectivity index (χ0) is 27.9. The van der Waals surface area contributed by atoms with Crippen LogP contribution in [-0.2, 0) is 10.8 Å². The first-order chi connectivity index (χ1) is 19.8. The van der Waals surface area contributed by atoms with Gasteiger partial charge in [0.25, 0.3) is 0 Å². The van der Waals surface area contributed by atoms with Crippen LogP contribution in [0.2, 0.25) is 0 Å². The summed E-state index contributed by atoms with van der Waals surface area (Å²) in [5, 5.41) is 6.31. The Morgan fingerprint density at radius 1 is 0.415 bits per heavy atom. The molecule has 0 radical (unpaired) electrons. The molecule has 8 rings (SSSR count). The largest absolute Gasteiger partial charge is 0.355 e. The van der Waals surface area contributed by atoms with Crippen LogP contribution in [0.15, 0.2) is 121 Å². The van der Waals surface area contributed by atoms with Crippen LogP contribution in [0.25, 0.3) is 44.2 Å². The molecular formula is C40H33N. The Bertz CT molecular complexity index is 2020. The normalized spacial score (nSPS) is 15.2. The van der Waals surface area contributed by atoms with Gasteiger partial charge in [-0.25, -0.2) is 0 Å². The van der Waals surface area contributed by atoms with Gasteiger partial charge in [-0.2, -0.15) is 0 Å². The fraction of sp³-hybridized carbons (Fsp3) is 0.150. The van der Waals surface area contributed by atoms with Gasteiger partial charge in [0.05, 0.1) is 0 Å². The van der Waals surface area contributed by atoms with Gasteiger partial charge in [0.15, 0.2) is 0 Å². The SMILES string of the molecule is CC1(C)c2ccccc2-c2cc(Nc3ccc4c(c3)C(C)(C)c3cccc(-c5ccc6ccccc6c5)c3-4)ccc21. The molecule has 6 aromatic rings. The van der Waals surface area contributed by atoms with Gasteiger partial charge in [-0.1, -0.05) is 119 Å². The number of hydrogen-bond acceptors (Lipinski definition) is 1. The molecule has 6 aromatic carbocycles. The minimum Gasteiger partial charge on any atom is -0.355 e. The Kier molecular flexibility index (Phi) is 4.98. The number of fused-ring (bicyclic) bond motifs is 7. The van der Waals surface area contributed by atoms with E-state index in [4.69, 9.17) is 0 Å². The van der Waals surface area contributed by atoms with E-state index in [1.165, 1.54) is 66.4 Å². The maximum Gasteiger partial charge on any atom is 0.0390 e. The zero-order valence-corrected chi connectivity index (χ0v) is 24.0. The molecule has 1 heteroatoms. The van der Waals surface area contributed by atoms with E-state index in [1.807, 2.05) is 0 Å². The highest BCUT2D eigenvalue weighted by Gasteiger charge is 2.37. The number of hydrogen-bond donors (Lipinski definition) is 1. The Hall–Kier alpha value is -4.62. The first-order valence-electron chi connectivity index (χ1n) is 14.6. The fourth-order valence-corrected chi connectivity index (χ4v) is 7.43. The van der Waals surface area contributed by atoms with E-state index in [2.05, 4.69) is 154 Å². The molecule has 0 amide bonds. The van der Waals surface area contributed by atoms with E-state index < -0.39 is 0 Å². The molecular weight excluding hydrogens is 494 g/mol. The van der Waals surface area contributed by atoms with E-state index in [0.29, 0.717) is 0 Å². The van der Waals surface area contributed by atoms with E-state index in [0.717, 1.165) is 11.4 Å². The van der Waals surface area contributed by atoms with Gasteiger partial charge in [-0.15, -0.1) is 0 Å². The van der Waals surface area contributed by atoms with Crippen molar-refractivity contribution in [1.82, 2.24) is 0 Å². The average Bonchev–Trinajstić information content (AvgIpc) is 3.36. The second-order valence-electron chi connectivity index (χ2n) is 12.7. The van der Waals surface area contributed by atoms with E-state index in [1.54, 1.807) is 0 Å². The van der Waals surface area contributed by atoms with Crippen LogP contribution in [0.1, 0.15) is 49.9 Å². The molecule has 0 heterocycles. The Morgan fingerprint density at radius 2 is 1.07 bits per heavy atom. The number of rotatable bonds is 3. The topological polar surface area (TPSA) is 12.0 Å². The van der Waals surface area contributed by atoms with Gasteiger partial charge in [-0.3, -0.25) is 0 Å². The summed E-state index contributed by atoms with van der Waals surface area (Å²) in [6, 6.07) is 44.9. The van der Waals surface area contributed by atoms with Crippen LogP contribution in [0.5, 0.6) is 0 Å². The number of benzene rings is 6. The van der Waals surface area contributed by atoms with Crippen LogP contribution in [-0.4, -0.2) is 0 Å². The van der Waals surface area contributed by atoms with Crippen molar-refractivity contribution in [2.24, 2.45) is 0 Å². The molecule has 1 N–H and O–H groups in total. The van der Waals surface area contributed by atoms with Crippen molar-refractivity contribution >= 4 is 22.1 Å². The third kappa shape index (κ3) is 3.48. The minimum atomic E-state index is -0.0872. The van der Waals surface area contributed by atoms with Crippen molar-refractivity contribution in [2.75, 3.05) is 5.32 Å². The van der Waals surface area contributed by atoms with Crippen LogP contribution in [0.4, 0.5) is 11.4 Å². The van der Waals surface area contributed by atoms with Gasteiger partial charge < -0.3 is 5.32 Å². The highest BCUT2D eigenvalue weighted by molar-refractivity contribution is 5.96. The lowest BCUT2D eigenvalue weighted by molar-refractivity contribution is 0.660. The Balaban J connectivity index is 1.19.